The lowest BCUT2D eigenvalue weighted by atomic mass is 9.79. The molecule has 1 atom stereocenters. The predicted molar refractivity (Wildman–Crippen MR) is 142 cm³/mol. The number of nitrogens with one attached hydrogen (secondary N) is 3. The SMILES string of the molecule is CC(C)N1CC[C@H](Oc2ccc(Nc3ncc(F)c(NC4CC(C)(C)NC(C)(C)C4)n3)cc2OC(F)F)C1. The van der Waals surface area contributed by atoms with Crippen LogP contribution in [-0.2, 0) is 0 Å². The molecule has 2 fully saturated rings. The molecular weight excluding hydrogens is 497 g/mol. The van der Waals surface area contributed by atoms with Crippen LogP contribution in [0.2, 0.25) is 0 Å². The molecule has 0 spiro atoms. The summed E-state index contributed by atoms with van der Waals surface area (Å²) in [6.07, 6.45) is 3.35. The van der Waals surface area contributed by atoms with Crippen molar-refractivity contribution in [2.24, 2.45) is 0 Å². The van der Waals surface area contributed by atoms with Gasteiger partial charge in [-0.05, 0) is 72.9 Å². The molecule has 0 radical (unpaired) electrons. The Hall–Kier alpha value is -2.79. The Morgan fingerprint density at radius 1 is 1.11 bits per heavy atom. The quantitative estimate of drug-likeness (QED) is 0.385. The van der Waals surface area contributed by atoms with Crippen LogP contribution < -0.4 is 25.4 Å². The second-order valence-corrected chi connectivity index (χ2v) is 11.8. The summed E-state index contributed by atoms with van der Waals surface area (Å²) in [7, 11) is 0. The number of piperidine rings is 1. The van der Waals surface area contributed by atoms with Gasteiger partial charge in [-0.15, -0.1) is 0 Å². The lowest BCUT2D eigenvalue weighted by molar-refractivity contribution is -0.0519. The highest BCUT2D eigenvalue weighted by Crippen LogP contribution is 2.35. The molecule has 2 aromatic rings. The summed E-state index contributed by atoms with van der Waals surface area (Å²) in [5.41, 5.74) is 0.158. The molecule has 2 aliphatic rings. The molecule has 0 saturated carbocycles. The van der Waals surface area contributed by atoms with Crippen molar-refractivity contribution in [1.29, 1.82) is 0 Å². The molecule has 2 saturated heterocycles. The summed E-state index contributed by atoms with van der Waals surface area (Å²) < 4.78 is 51.8. The largest absolute Gasteiger partial charge is 0.485 e. The van der Waals surface area contributed by atoms with Crippen molar-refractivity contribution in [1.82, 2.24) is 20.2 Å². The minimum absolute atomic E-state index is 0.00295. The van der Waals surface area contributed by atoms with E-state index in [1.165, 1.54) is 6.07 Å². The zero-order valence-electron chi connectivity index (χ0n) is 22.9. The second-order valence-electron chi connectivity index (χ2n) is 11.8. The van der Waals surface area contributed by atoms with Gasteiger partial charge < -0.3 is 25.4 Å². The molecule has 38 heavy (non-hydrogen) atoms. The van der Waals surface area contributed by atoms with Crippen LogP contribution >= 0.6 is 0 Å². The van der Waals surface area contributed by atoms with E-state index in [9.17, 15) is 13.2 Å². The van der Waals surface area contributed by atoms with Crippen LogP contribution in [0.3, 0.4) is 0 Å². The van der Waals surface area contributed by atoms with Gasteiger partial charge in [0.2, 0.25) is 5.95 Å². The van der Waals surface area contributed by atoms with Crippen molar-refractivity contribution in [3.8, 4) is 11.5 Å². The van der Waals surface area contributed by atoms with E-state index >= 15 is 0 Å². The molecule has 210 valence electrons. The summed E-state index contributed by atoms with van der Waals surface area (Å²) >= 11 is 0. The third-order valence-corrected chi connectivity index (χ3v) is 6.89. The molecule has 4 rings (SSSR count). The molecule has 0 bridgehead atoms. The van der Waals surface area contributed by atoms with E-state index in [1.807, 2.05) is 0 Å². The standard InChI is InChI=1S/C27H39F3N6O2/c1-16(2)36-10-9-19(15-36)37-21-8-7-17(11-22(21)38-24(29)30)33-25-31-14-20(28)23(34-25)32-18-12-26(3,4)35-27(5,6)13-18/h7-8,11,14,16,18-19,24,35H,9-10,12-13,15H2,1-6H3,(H2,31,32,33,34)/t19-/m0/s1. The molecule has 0 amide bonds. The number of nitrogens with zero attached hydrogens (tertiary/aromatic N) is 3. The Morgan fingerprint density at radius 2 is 1.82 bits per heavy atom. The number of ether oxygens (including phenoxy) is 2. The number of anilines is 3. The van der Waals surface area contributed by atoms with Crippen molar-refractivity contribution in [2.45, 2.75) is 96.7 Å². The number of hydrogen-bond donors (Lipinski definition) is 3. The zero-order chi connectivity index (χ0) is 27.7. The molecular formula is C27H39F3N6O2. The number of halogens is 3. The van der Waals surface area contributed by atoms with Crippen LogP contribution in [0.5, 0.6) is 11.5 Å². The molecule has 0 aliphatic carbocycles. The van der Waals surface area contributed by atoms with E-state index in [2.05, 4.69) is 72.4 Å². The summed E-state index contributed by atoms with van der Waals surface area (Å²) in [5.74, 6) is -0.206. The summed E-state index contributed by atoms with van der Waals surface area (Å²) in [4.78, 5) is 10.6. The number of benzene rings is 1. The van der Waals surface area contributed by atoms with Gasteiger partial charge in [-0.25, -0.2) is 9.37 Å². The Balaban J connectivity index is 1.48. The smallest absolute Gasteiger partial charge is 0.387 e. The Labute approximate surface area is 222 Å². The molecule has 3 heterocycles. The molecule has 2 aliphatic heterocycles. The normalized spacial score (nSPS) is 21.6. The zero-order valence-corrected chi connectivity index (χ0v) is 22.9. The number of aromatic nitrogens is 2. The Bertz CT molecular complexity index is 1100. The van der Waals surface area contributed by atoms with Gasteiger partial charge in [0.25, 0.3) is 0 Å². The minimum atomic E-state index is -3.01. The first-order valence-electron chi connectivity index (χ1n) is 13.1. The lowest BCUT2D eigenvalue weighted by Gasteiger charge is -2.46. The minimum Gasteiger partial charge on any atom is -0.485 e. The van der Waals surface area contributed by atoms with Crippen LogP contribution in [0.15, 0.2) is 24.4 Å². The van der Waals surface area contributed by atoms with Gasteiger partial charge in [-0.1, -0.05) is 0 Å². The molecule has 3 N–H and O–H groups in total. The van der Waals surface area contributed by atoms with E-state index < -0.39 is 12.4 Å². The highest BCUT2D eigenvalue weighted by molar-refractivity contribution is 5.60. The number of hydrogen-bond acceptors (Lipinski definition) is 8. The third kappa shape index (κ3) is 7.41. The van der Waals surface area contributed by atoms with Crippen molar-refractivity contribution in [2.75, 3.05) is 23.7 Å². The van der Waals surface area contributed by atoms with Crippen LogP contribution in [0.1, 0.15) is 60.8 Å². The summed E-state index contributed by atoms with van der Waals surface area (Å²) in [6.45, 7) is 11.3. The Morgan fingerprint density at radius 3 is 2.45 bits per heavy atom. The maximum Gasteiger partial charge on any atom is 0.387 e. The fourth-order valence-electron chi connectivity index (χ4n) is 5.65. The average molecular weight is 537 g/mol. The maximum absolute atomic E-state index is 14.6. The van der Waals surface area contributed by atoms with Crippen molar-refractivity contribution < 1.29 is 22.6 Å². The number of likely N-dealkylation sites (tertiary alicyclic amines) is 1. The fraction of sp³-hybridized carbons (Fsp3) is 0.630. The molecule has 8 nitrogen and oxygen atoms in total. The second kappa shape index (κ2) is 11.1. The Kier molecular flexibility index (Phi) is 8.27. The van der Waals surface area contributed by atoms with Crippen LogP contribution in [0.4, 0.5) is 30.6 Å². The van der Waals surface area contributed by atoms with E-state index in [0.717, 1.165) is 38.5 Å². The van der Waals surface area contributed by atoms with Gasteiger partial charge in [-0.2, -0.15) is 13.8 Å². The van der Waals surface area contributed by atoms with Gasteiger partial charge in [-0.3, -0.25) is 4.90 Å². The van der Waals surface area contributed by atoms with Gasteiger partial charge in [0.1, 0.15) is 6.10 Å². The van der Waals surface area contributed by atoms with Crippen molar-refractivity contribution in [3.63, 3.8) is 0 Å². The molecule has 1 aromatic heterocycles. The molecule has 0 unspecified atom stereocenters. The maximum atomic E-state index is 14.6. The van der Waals surface area contributed by atoms with Gasteiger partial charge >= 0.3 is 6.61 Å². The predicted octanol–water partition coefficient (Wildman–Crippen LogP) is 5.54. The van der Waals surface area contributed by atoms with E-state index in [-0.39, 0.29) is 46.5 Å². The van der Waals surface area contributed by atoms with Gasteiger partial charge in [0.15, 0.2) is 23.1 Å². The third-order valence-electron chi connectivity index (χ3n) is 6.89. The van der Waals surface area contributed by atoms with Gasteiger partial charge in [0, 0.05) is 48.0 Å². The topological polar surface area (TPSA) is 83.6 Å². The van der Waals surface area contributed by atoms with Crippen molar-refractivity contribution in [3.05, 3.63) is 30.2 Å². The fourth-order valence-corrected chi connectivity index (χ4v) is 5.65. The first-order chi connectivity index (χ1) is 17.8. The van der Waals surface area contributed by atoms with Crippen LogP contribution in [0.25, 0.3) is 0 Å². The van der Waals surface area contributed by atoms with Crippen LogP contribution in [-0.4, -0.2) is 63.8 Å². The lowest BCUT2D eigenvalue weighted by Crippen LogP contribution is -2.60. The monoisotopic (exact) mass is 536 g/mol. The summed E-state index contributed by atoms with van der Waals surface area (Å²) in [5, 5.41) is 9.80. The highest BCUT2D eigenvalue weighted by Gasteiger charge is 2.38. The average Bonchev–Trinajstić information content (AvgIpc) is 3.24. The first kappa shape index (κ1) is 28.2. The first-order valence-corrected chi connectivity index (χ1v) is 13.1. The molecule has 1 aromatic carbocycles. The number of rotatable bonds is 9. The van der Waals surface area contributed by atoms with Crippen molar-refractivity contribution >= 4 is 17.5 Å². The number of alkyl halides is 2. The van der Waals surface area contributed by atoms with E-state index in [0.29, 0.717) is 11.7 Å². The van der Waals surface area contributed by atoms with Crippen LogP contribution in [0, 0.1) is 5.82 Å². The highest BCUT2D eigenvalue weighted by atomic mass is 19.3. The van der Waals surface area contributed by atoms with E-state index in [4.69, 9.17) is 9.47 Å². The van der Waals surface area contributed by atoms with E-state index in [1.54, 1.807) is 12.1 Å². The summed E-state index contributed by atoms with van der Waals surface area (Å²) in [6, 6.07) is 5.05. The van der Waals surface area contributed by atoms with Gasteiger partial charge in [0.05, 0.1) is 6.20 Å². The molecule has 11 heteroatoms.